The molecule has 2 bridgehead atoms. The van der Waals surface area contributed by atoms with Crippen LogP contribution in [0.2, 0.25) is 0 Å². The number of ether oxygens (including phenoxy) is 2. The molecule has 1 saturated carbocycles. The van der Waals surface area contributed by atoms with E-state index in [1.807, 2.05) is 12.1 Å². The van der Waals surface area contributed by atoms with Crippen LogP contribution < -0.4 is 10.5 Å². The molecule has 3 aliphatic rings. The lowest BCUT2D eigenvalue weighted by molar-refractivity contribution is -0.120. The molecule has 2 saturated heterocycles. The minimum atomic E-state index is -0.104. The van der Waals surface area contributed by atoms with E-state index in [-0.39, 0.29) is 11.6 Å². The van der Waals surface area contributed by atoms with Gasteiger partial charge in [-0.3, -0.25) is 4.79 Å². The third-order valence-corrected chi connectivity index (χ3v) is 7.45. The Bertz CT molecular complexity index is 1170. The Balaban J connectivity index is 1.33. The summed E-state index contributed by atoms with van der Waals surface area (Å²) in [4.78, 5) is 20.6. The quantitative estimate of drug-likeness (QED) is 0.640. The van der Waals surface area contributed by atoms with E-state index in [9.17, 15) is 4.79 Å². The van der Waals surface area contributed by atoms with E-state index in [4.69, 9.17) is 15.2 Å². The van der Waals surface area contributed by atoms with Gasteiger partial charge in [0.2, 0.25) is 0 Å². The number of rotatable bonds is 5. The van der Waals surface area contributed by atoms with Crippen LogP contribution in [-0.4, -0.2) is 38.6 Å². The Morgan fingerprint density at radius 1 is 1.16 bits per heavy atom. The number of nitrogens with zero attached hydrogens (tertiary/aromatic N) is 3. The van der Waals surface area contributed by atoms with Crippen molar-refractivity contribution in [2.45, 2.75) is 69.1 Å². The fraction of sp³-hybridized carbons (Fsp3) is 0.480. The Hall–Kier alpha value is -2.93. The van der Waals surface area contributed by atoms with Crippen LogP contribution >= 0.6 is 0 Å². The van der Waals surface area contributed by atoms with Gasteiger partial charge >= 0.3 is 0 Å². The lowest BCUT2D eigenvalue weighted by Gasteiger charge is -2.24. The average Bonchev–Trinajstić information content (AvgIpc) is 3.53. The first-order chi connectivity index (χ1) is 15.6. The molecule has 4 heterocycles. The molecule has 166 valence electrons. The number of fused-ring (bicyclic) bond motifs is 3. The zero-order valence-electron chi connectivity index (χ0n) is 18.1. The van der Waals surface area contributed by atoms with Crippen LogP contribution in [0.5, 0.6) is 5.75 Å². The average molecular weight is 433 g/mol. The van der Waals surface area contributed by atoms with Crippen LogP contribution in [0.4, 0.5) is 5.82 Å². The van der Waals surface area contributed by atoms with Crippen molar-refractivity contribution < 1.29 is 14.3 Å². The molecule has 1 aromatic carbocycles. The standard InChI is InChI=1S/C25H28N4O3/c26-23-22-21(13-29(24(22)28-15-27-23)17-4-6-18(30)7-5-17)16-2-1-3-20(12-16)31-14-25-10-8-19(32-25)9-11-25/h1-3,12-13,15,17,19H,4-11,14H2,(H2,26,27,28). The highest BCUT2D eigenvalue weighted by molar-refractivity contribution is 6.00. The maximum atomic E-state index is 11.7. The highest BCUT2D eigenvalue weighted by atomic mass is 16.6. The van der Waals surface area contributed by atoms with Crippen molar-refractivity contribution in [3.8, 4) is 16.9 Å². The predicted octanol–water partition coefficient (Wildman–Crippen LogP) is 4.46. The highest BCUT2D eigenvalue weighted by Gasteiger charge is 2.46. The van der Waals surface area contributed by atoms with Crippen molar-refractivity contribution in [1.82, 2.24) is 14.5 Å². The second-order valence-corrected chi connectivity index (χ2v) is 9.49. The Labute approximate surface area is 186 Å². The van der Waals surface area contributed by atoms with E-state index in [1.54, 1.807) is 0 Å². The van der Waals surface area contributed by atoms with Gasteiger partial charge in [-0.15, -0.1) is 0 Å². The number of carbonyl (C=O) groups excluding carboxylic acids is 1. The lowest BCUT2D eigenvalue weighted by atomic mass is 9.89. The van der Waals surface area contributed by atoms with Gasteiger partial charge in [-0.1, -0.05) is 12.1 Å². The maximum absolute atomic E-state index is 11.7. The summed E-state index contributed by atoms with van der Waals surface area (Å²) < 4.78 is 14.6. The van der Waals surface area contributed by atoms with Crippen molar-refractivity contribution in [2.75, 3.05) is 12.3 Å². The molecule has 0 unspecified atom stereocenters. The first-order valence-corrected chi connectivity index (χ1v) is 11.6. The summed E-state index contributed by atoms with van der Waals surface area (Å²) in [7, 11) is 0. The van der Waals surface area contributed by atoms with Crippen molar-refractivity contribution in [2.24, 2.45) is 0 Å². The molecule has 6 rings (SSSR count). The molecule has 1 aliphatic carbocycles. The van der Waals surface area contributed by atoms with Gasteiger partial charge < -0.3 is 19.8 Å². The van der Waals surface area contributed by atoms with E-state index in [2.05, 4.69) is 32.9 Å². The molecule has 0 amide bonds. The first-order valence-electron chi connectivity index (χ1n) is 11.6. The number of hydrogen-bond acceptors (Lipinski definition) is 6. The van der Waals surface area contributed by atoms with Gasteiger partial charge in [-0.25, -0.2) is 9.97 Å². The zero-order valence-corrected chi connectivity index (χ0v) is 18.1. The molecule has 2 aliphatic heterocycles. The number of nitrogen functional groups attached to an aromatic ring is 1. The van der Waals surface area contributed by atoms with Crippen LogP contribution in [0.1, 0.15) is 57.4 Å². The number of carbonyl (C=O) groups is 1. The summed E-state index contributed by atoms with van der Waals surface area (Å²) in [5, 5.41) is 0.859. The Morgan fingerprint density at radius 2 is 1.97 bits per heavy atom. The van der Waals surface area contributed by atoms with Crippen LogP contribution in [0.25, 0.3) is 22.2 Å². The van der Waals surface area contributed by atoms with Crippen molar-refractivity contribution >= 4 is 22.6 Å². The monoisotopic (exact) mass is 432 g/mol. The number of hydrogen-bond donors (Lipinski definition) is 1. The van der Waals surface area contributed by atoms with Gasteiger partial charge in [-0.05, 0) is 56.2 Å². The van der Waals surface area contributed by atoms with E-state index in [0.29, 0.717) is 37.2 Å². The maximum Gasteiger partial charge on any atom is 0.146 e. The number of Topliss-reactive ketones (excluding diaryl/α,β-unsaturated/α-hetero) is 1. The van der Waals surface area contributed by atoms with Crippen LogP contribution in [0.3, 0.4) is 0 Å². The van der Waals surface area contributed by atoms with Gasteiger partial charge in [-0.2, -0.15) is 0 Å². The van der Waals surface area contributed by atoms with Crippen molar-refractivity contribution in [3.63, 3.8) is 0 Å². The smallest absolute Gasteiger partial charge is 0.146 e. The molecule has 2 aromatic heterocycles. The number of benzene rings is 1. The third kappa shape index (κ3) is 3.35. The van der Waals surface area contributed by atoms with Crippen molar-refractivity contribution in [3.05, 3.63) is 36.8 Å². The second-order valence-electron chi connectivity index (χ2n) is 9.49. The number of aromatic nitrogens is 3. The first kappa shape index (κ1) is 19.7. The van der Waals surface area contributed by atoms with E-state index >= 15 is 0 Å². The molecule has 0 radical (unpaired) electrons. The molecule has 7 nitrogen and oxygen atoms in total. The SMILES string of the molecule is Nc1ncnc2c1c(-c1cccc(OCC34CCC(CC3)O4)c1)cn2C1CCC(=O)CC1. The highest BCUT2D eigenvalue weighted by Crippen LogP contribution is 2.44. The molecular weight excluding hydrogens is 404 g/mol. The second kappa shape index (κ2) is 7.59. The molecule has 32 heavy (non-hydrogen) atoms. The number of ketones is 1. The van der Waals surface area contributed by atoms with E-state index < -0.39 is 0 Å². The molecular formula is C25H28N4O3. The predicted molar refractivity (Wildman–Crippen MR) is 121 cm³/mol. The van der Waals surface area contributed by atoms with Gasteiger partial charge in [0.1, 0.15) is 41.5 Å². The topological polar surface area (TPSA) is 92.3 Å². The fourth-order valence-corrected chi connectivity index (χ4v) is 5.66. The minimum Gasteiger partial charge on any atom is -0.491 e. The molecule has 0 spiro atoms. The fourth-order valence-electron chi connectivity index (χ4n) is 5.66. The van der Waals surface area contributed by atoms with Gasteiger partial charge in [0.25, 0.3) is 0 Å². The largest absolute Gasteiger partial charge is 0.491 e. The summed E-state index contributed by atoms with van der Waals surface area (Å²) in [5.41, 5.74) is 9.05. The van der Waals surface area contributed by atoms with Crippen LogP contribution in [0.15, 0.2) is 36.8 Å². The summed E-state index contributed by atoms with van der Waals surface area (Å²) >= 11 is 0. The van der Waals surface area contributed by atoms with E-state index in [0.717, 1.165) is 66.4 Å². The van der Waals surface area contributed by atoms with Crippen LogP contribution in [0, 0.1) is 0 Å². The molecule has 7 heteroatoms. The normalized spacial score (nSPS) is 25.6. The molecule has 3 aromatic rings. The number of anilines is 1. The number of nitrogens with two attached hydrogens (primary N) is 1. The molecule has 2 N–H and O–H groups in total. The minimum absolute atomic E-state index is 0.104. The van der Waals surface area contributed by atoms with Gasteiger partial charge in [0.15, 0.2) is 0 Å². The van der Waals surface area contributed by atoms with E-state index in [1.165, 1.54) is 6.33 Å². The molecule has 3 fully saturated rings. The van der Waals surface area contributed by atoms with Gasteiger partial charge in [0, 0.05) is 30.6 Å². The summed E-state index contributed by atoms with van der Waals surface area (Å²) in [6, 6.07) is 8.38. The lowest BCUT2D eigenvalue weighted by Crippen LogP contribution is -2.32. The zero-order chi connectivity index (χ0) is 21.7. The third-order valence-electron chi connectivity index (χ3n) is 7.45. The van der Waals surface area contributed by atoms with Crippen LogP contribution in [-0.2, 0) is 9.53 Å². The summed E-state index contributed by atoms with van der Waals surface area (Å²) in [6.45, 7) is 0.593. The van der Waals surface area contributed by atoms with Crippen molar-refractivity contribution in [1.29, 1.82) is 0 Å². The summed E-state index contributed by atoms with van der Waals surface area (Å²) in [6.07, 6.45) is 11.4. The Kier molecular flexibility index (Phi) is 4.68. The Morgan fingerprint density at radius 3 is 2.72 bits per heavy atom. The summed E-state index contributed by atoms with van der Waals surface area (Å²) in [5.74, 6) is 1.64. The van der Waals surface area contributed by atoms with Gasteiger partial charge in [0.05, 0.1) is 11.5 Å². The molecule has 0 atom stereocenters.